The fraction of sp³-hybridized carbons (Fsp3) is 0.150. The highest BCUT2D eigenvalue weighted by Gasteiger charge is 2.16. The van der Waals surface area contributed by atoms with Crippen molar-refractivity contribution in [3.63, 3.8) is 0 Å². The van der Waals surface area contributed by atoms with Gasteiger partial charge < -0.3 is 19.2 Å². The average Bonchev–Trinajstić information content (AvgIpc) is 3.04. The molecule has 3 rings (SSSR count). The predicted molar refractivity (Wildman–Crippen MR) is 100 cm³/mol. The Balaban J connectivity index is 1.65. The van der Waals surface area contributed by atoms with Gasteiger partial charge in [-0.05, 0) is 55.5 Å². The summed E-state index contributed by atoms with van der Waals surface area (Å²) in [4.78, 5) is 12.4. The maximum absolute atomic E-state index is 13.2. The zero-order valence-electron chi connectivity index (χ0n) is 14.7. The van der Waals surface area contributed by atoms with Gasteiger partial charge in [0, 0.05) is 5.69 Å². The van der Waals surface area contributed by atoms with Gasteiger partial charge in [-0.25, -0.2) is 4.39 Å². The molecule has 0 saturated carbocycles. The Bertz CT molecular complexity index is 953. The summed E-state index contributed by atoms with van der Waals surface area (Å²) < 4.78 is 29.5. The maximum Gasteiger partial charge on any atom is 0.259 e. The first-order valence-corrected chi connectivity index (χ1v) is 8.46. The van der Waals surface area contributed by atoms with E-state index in [9.17, 15) is 9.18 Å². The molecule has 0 radical (unpaired) electrons. The van der Waals surface area contributed by atoms with Crippen LogP contribution in [0.3, 0.4) is 0 Å². The SMILES string of the molecule is COc1ccc(OCc2cc(C(=O)Nc3ccc(F)c(Cl)c3)c(C)o2)cc1. The number of hydrogen-bond donors (Lipinski definition) is 1. The van der Waals surface area contributed by atoms with Gasteiger partial charge in [-0.3, -0.25) is 4.79 Å². The Kier molecular flexibility index (Phi) is 5.66. The predicted octanol–water partition coefficient (Wildman–Crippen LogP) is 5.22. The van der Waals surface area contributed by atoms with E-state index in [2.05, 4.69) is 5.32 Å². The molecule has 27 heavy (non-hydrogen) atoms. The number of nitrogens with one attached hydrogen (secondary N) is 1. The molecule has 0 saturated heterocycles. The van der Waals surface area contributed by atoms with E-state index in [0.717, 1.165) is 5.75 Å². The molecular formula is C20H17ClFNO4. The minimum Gasteiger partial charge on any atom is -0.497 e. The zero-order chi connectivity index (χ0) is 19.4. The summed E-state index contributed by atoms with van der Waals surface area (Å²) in [5.74, 6) is 1.41. The topological polar surface area (TPSA) is 60.7 Å². The number of ether oxygens (including phenoxy) is 2. The van der Waals surface area contributed by atoms with Gasteiger partial charge in [0.1, 0.15) is 35.4 Å². The van der Waals surface area contributed by atoms with Crippen LogP contribution in [0.15, 0.2) is 52.9 Å². The van der Waals surface area contributed by atoms with Crippen molar-refractivity contribution in [3.8, 4) is 11.5 Å². The fourth-order valence-electron chi connectivity index (χ4n) is 2.44. The van der Waals surface area contributed by atoms with E-state index in [1.807, 2.05) is 0 Å². The number of halogens is 2. The Morgan fingerprint density at radius 2 is 1.85 bits per heavy atom. The van der Waals surface area contributed by atoms with E-state index in [1.165, 1.54) is 18.2 Å². The number of carbonyl (C=O) groups excluding carboxylic acids is 1. The third kappa shape index (κ3) is 4.60. The molecule has 2 aromatic carbocycles. The monoisotopic (exact) mass is 389 g/mol. The van der Waals surface area contributed by atoms with E-state index in [1.54, 1.807) is 44.4 Å². The summed E-state index contributed by atoms with van der Waals surface area (Å²) in [5.41, 5.74) is 0.756. The second-order valence-corrected chi connectivity index (χ2v) is 6.14. The molecule has 7 heteroatoms. The lowest BCUT2D eigenvalue weighted by molar-refractivity contribution is 0.102. The number of furan rings is 1. The average molecular weight is 390 g/mol. The minimum atomic E-state index is -0.549. The van der Waals surface area contributed by atoms with Crippen molar-refractivity contribution < 1.29 is 23.1 Å². The Hall–Kier alpha value is -2.99. The van der Waals surface area contributed by atoms with Gasteiger partial charge in [-0.2, -0.15) is 0 Å². The molecule has 140 valence electrons. The number of hydrogen-bond acceptors (Lipinski definition) is 4. The van der Waals surface area contributed by atoms with Crippen LogP contribution in [-0.4, -0.2) is 13.0 Å². The third-order valence-electron chi connectivity index (χ3n) is 3.83. The Labute approximate surface area is 160 Å². The van der Waals surface area contributed by atoms with Crippen LogP contribution in [0.5, 0.6) is 11.5 Å². The highest BCUT2D eigenvalue weighted by Crippen LogP contribution is 2.23. The van der Waals surface area contributed by atoms with Crippen LogP contribution in [0.1, 0.15) is 21.9 Å². The highest BCUT2D eigenvalue weighted by molar-refractivity contribution is 6.31. The molecule has 0 fully saturated rings. The summed E-state index contributed by atoms with van der Waals surface area (Å²) >= 11 is 5.73. The van der Waals surface area contributed by atoms with Crippen molar-refractivity contribution in [1.82, 2.24) is 0 Å². The van der Waals surface area contributed by atoms with Gasteiger partial charge in [0.15, 0.2) is 0 Å². The first-order valence-electron chi connectivity index (χ1n) is 8.09. The standard InChI is InChI=1S/C20H17ClFNO4/c1-12-17(20(24)23-13-3-8-19(22)18(21)9-13)10-16(27-12)11-26-15-6-4-14(25-2)5-7-15/h3-10H,11H2,1-2H3,(H,23,24). The van der Waals surface area contributed by atoms with Gasteiger partial charge in [0.25, 0.3) is 5.91 Å². The van der Waals surface area contributed by atoms with Crippen LogP contribution in [-0.2, 0) is 6.61 Å². The molecule has 0 spiro atoms. The summed E-state index contributed by atoms with van der Waals surface area (Å²) in [6.45, 7) is 1.85. The van der Waals surface area contributed by atoms with Crippen LogP contribution in [0, 0.1) is 12.7 Å². The van der Waals surface area contributed by atoms with Gasteiger partial charge in [-0.1, -0.05) is 11.6 Å². The van der Waals surface area contributed by atoms with Gasteiger partial charge in [0.2, 0.25) is 0 Å². The van der Waals surface area contributed by atoms with Gasteiger partial charge in [0.05, 0.1) is 17.7 Å². The minimum absolute atomic E-state index is 0.0645. The third-order valence-corrected chi connectivity index (χ3v) is 4.12. The number of anilines is 1. The molecule has 5 nitrogen and oxygen atoms in total. The lowest BCUT2D eigenvalue weighted by Gasteiger charge is -2.05. The molecule has 0 aliphatic rings. The van der Waals surface area contributed by atoms with E-state index in [-0.39, 0.29) is 17.5 Å². The summed E-state index contributed by atoms with van der Waals surface area (Å²) in [7, 11) is 1.59. The molecule has 1 N–H and O–H groups in total. The first kappa shape index (κ1) is 18.8. The molecule has 0 atom stereocenters. The quantitative estimate of drug-likeness (QED) is 0.627. The number of amides is 1. The van der Waals surface area contributed by atoms with Crippen molar-refractivity contribution in [2.75, 3.05) is 12.4 Å². The molecule has 3 aromatic rings. The van der Waals surface area contributed by atoms with Crippen molar-refractivity contribution in [2.45, 2.75) is 13.5 Å². The van der Waals surface area contributed by atoms with Crippen molar-refractivity contribution in [3.05, 3.63) is 76.5 Å². The van der Waals surface area contributed by atoms with E-state index in [4.69, 9.17) is 25.5 Å². The van der Waals surface area contributed by atoms with E-state index >= 15 is 0 Å². The van der Waals surface area contributed by atoms with Crippen molar-refractivity contribution in [1.29, 1.82) is 0 Å². The lowest BCUT2D eigenvalue weighted by atomic mass is 10.2. The molecule has 1 aromatic heterocycles. The second kappa shape index (κ2) is 8.14. The van der Waals surface area contributed by atoms with Crippen LogP contribution < -0.4 is 14.8 Å². The number of methoxy groups -OCH3 is 1. The maximum atomic E-state index is 13.2. The molecule has 0 unspecified atom stereocenters. The van der Waals surface area contributed by atoms with E-state index < -0.39 is 5.82 Å². The van der Waals surface area contributed by atoms with Crippen molar-refractivity contribution in [2.24, 2.45) is 0 Å². The molecule has 1 amide bonds. The van der Waals surface area contributed by atoms with Gasteiger partial charge in [-0.15, -0.1) is 0 Å². The zero-order valence-corrected chi connectivity index (χ0v) is 15.5. The smallest absolute Gasteiger partial charge is 0.259 e. The first-order chi connectivity index (χ1) is 13.0. The Morgan fingerprint density at radius 1 is 1.15 bits per heavy atom. The molecular weight excluding hydrogens is 373 g/mol. The lowest BCUT2D eigenvalue weighted by Crippen LogP contribution is -2.12. The van der Waals surface area contributed by atoms with E-state index in [0.29, 0.717) is 28.5 Å². The summed E-state index contributed by atoms with van der Waals surface area (Å²) in [5, 5.41) is 2.60. The fourth-order valence-corrected chi connectivity index (χ4v) is 2.62. The summed E-state index contributed by atoms with van der Waals surface area (Å²) in [6.07, 6.45) is 0. The number of carbonyl (C=O) groups is 1. The number of rotatable bonds is 6. The van der Waals surface area contributed by atoms with Crippen molar-refractivity contribution >= 4 is 23.2 Å². The van der Waals surface area contributed by atoms with Crippen LogP contribution in [0.25, 0.3) is 0 Å². The summed E-state index contributed by atoms with van der Waals surface area (Å²) in [6, 6.07) is 12.7. The normalized spacial score (nSPS) is 10.5. The van der Waals surface area contributed by atoms with Crippen LogP contribution >= 0.6 is 11.6 Å². The largest absolute Gasteiger partial charge is 0.497 e. The molecule has 0 aliphatic heterocycles. The molecule has 0 bridgehead atoms. The van der Waals surface area contributed by atoms with Gasteiger partial charge >= 0.3 is 0 Å². The highest BCUT2D eigenvalue weighted by atomic mass is 35.5. The van der Waals surface area contributed by atoms with Crippen LogP contribution in [0.2, 0.25) is 5.02 Å². The van der Waals surface area contributed by atoms with Crippen LogP contribution in [0.4, 0.5) is 10.1 Å². The number of benzene rings is 2. The number of aryl methyl sites for hydroxylation is 1. The molecule has 1 heterocycles. The Morgan fingerprint density at radius 3 is 2.52 bits per heavy atom. The molecule has 0 aliphatic carbocycles. The second-order valence-electron chi connectivity index (χ2n) is 5.73.